The molecule has 118 valence electrons. The number of amides is 1. The molecule has 1 aromatic rings. The summed E-state index contributed by atoms with van der Waals surface area (Å²) < 4.78 is 24.2. The summed E-state index contributed by atoms with van der Waals surface area (Å²) in [6.45, 7) is 3.73. The number of rotatable bonds is 8. The number of nitrogens with one attached hydrogen (secondary N) is 1. The van der Waals surface area contributed by atoms with E-state index >= 15 is 0 Å². The quantitative estimate of drug-likeness (QED) is 0.762. The third-order valence-corrected chi connectivity index (χ3v) is 5.32. The molecule has 2 N–H and O–H groups in total. The number of benzene rings is 1. The Morgan fingerprint density at radius 3 is 2.43 bits per heavy atom. The number of hydrogen-bond acceptors (Lipinski definition) is 4. The molecule has 6 heteroatoms. The lowest BCUT2D eigenvalue weighted by Gasteiger charge is -2.29. The number of sulfone groups is 1. The topological polar surface area (TPSA) is 83.5 Å². The zero-order chi connectivity index (χ0) is 15.9. The second-order valence-corrected chi connectivity index (χ2v) is 7.43. The number of aliphatic hydroxyl groups is 1. The smallest absolute Gasteiger partial charge is 0.221 e. The molecular weight excluding hydrogens is 290 g/mol. The Morgan fingerprint density at radius 2 is 1.90 bits per heavy atom. The van der Waals surface area contributed by atoms with Crippen molar-refractivity contribution in [2.75, 3.05) is 12.4 Å². The molecule has 0 heterocycles. The van der Waals surface area contributed by atoms with Gasteiger partial charge in [-0.3, -0.25) is 4.79 Å². The first-order chi connectivity index (χ1) is 9.83. The molecule has 0 saturated heterocycles. The van der Waals surface area contributed by atoms with Gasteiger partial charge in [0.15, 0.2) is 9.84 Å². The molecule has 0 aliphatic rings. The summed E-state index contributed by atoms with van der Waals surface area (Å²) in [7, 11) is -3.44. The van der Waals surface area contributed by atoms with Gasteiger partial charge in [-0.2, -0.15) is 0 Å². The van der Waals surface area contributed by atoms with Crippen LogP contribution in [-0.4, -0.2) is 37.3 Å². The molecule has 0 spiro atoms. The highest BCUT2D eigenvalue weighted by Gasteiger charge is 2.24. The highest BCUT2D eigenvalue weighted by molar-refractivity contribution is 7.91. The summed E-state index contributed by atoms with van der Waals surface area (Å²) in [6, 6.07) is 8.10. The lowest BCUT2D eigenvalue weighted by atomic mass is 9.95. The van der Waals surface area contributed by atoms with E-state index in [2.05, 4.69) is 5.32 Å². The van der Waals surface area contributed by atoms with Gasteiger partial charge in [-0.25, -0.2) is 8.42 Å². The Morgan fingerprint density at radius 1 is 1.29 bits per heavy atom. The standard InChI is InChI=1S/C15H23NO4S/c1-3-15(2,10-11-17)16-14(18)9-12-21(19,20)13-7-5-4-6-8-13/h4-8,17H,3,9-12H2,1-2H3,(H,16,18). The van der Waals surface area contributed by atoms with Gasteiger partial charge in [0.1, 0.15) is 0 Å². The second kappa shape index (κ2) is 7.56. The molecule has 0 bridgehead atoms. The molecule has 5 nitrogen and oxygen atoms in total. The highest BCUT2D eigenvalue weighted by Crippen LogP contribution is 2.15. The van der Waals surface area contributed by atoms with Crippen molar-refractivity contribution in [3.63, 3.8) is 0 Å². The molecular formula is C15H23NO4S. The maximum absolute atomic E-state index is 12.1. The normalized spacial score (nSPS) is 14.4. The molecule has 1 unspecified atom stereocenters. The maximum atomic E-state index is 12.1. The minimum Gasteiger partial charge on any atom is -0.396 e. The SMILES string of the molecule is CCC(C)(CCO)NC(=O)CCS(=O)(=O)c1ccccc1. The fraction of sp³-hybridized carbons (Fsp3) is 0.533. The second-order valence-electron chi connectivity index (χ2n) is 5.32. The van der Waals surface area contributed by atoms with E-state index in [0.29, 0.717) is 12.8 Å². The minimum absolute atomic E-state index is 0.0209. The average molecular weight is 313 g/mol. The van der Waals surface area contributed by atoms with E-state index in [-0.39, 0.29) is 29.6 Å². The minimum atomic E-state index is -3.44. The van der Waals surface area contributed by atoms with Gasteiger partial charge in [0.2, 0.25) is 5.91 Å². The van der Waals surface area contributed by atoms with Crippen LogP contribution in [0.2, 0.25) is 0 Å². The van der Waals surface area contributed by atoms with Crippen molar-refractivity contribution in [3.8, 4) is 0 Å². The Labute approximate surface area is 126 Å². The molecule has 0 saturated carbocycles. The van der Waals surface area contributed by atoms with Crippen LogP contribution in [0, 0.1) is 0 Å². The maximum Gasteiger partial charge on any atom is 0.221 e. The lowest BCUT2D eigenvalue weighted by molar-refractivity contribution is -0.122. The predicted octanol–water partition coefficient (Wildman–Crippen LogP) is 1.52. The van der Waals surface area contributed by atoms with Gasteiger partial charge in [0.05, 0.1) is 10.6 Å². The highest BCUT2D eigenvalue weighted by atomic mass is 32.2. The predicted molar refractivity (Wildman–Crippen MR) is 81.7 cm³/mol. The zero-order valence-corrected chi connectivity index (χ0v) is 13.3. The van der Waals surface area contributed by atoms with Crippen LogP contribution in [0.4, 0.5) is 0 Å². The van der Waals surface area contributed by atoms with Crippen molar-refractivity contribution in [1.29, 1.82) is 0 Å². The molecule has 0 fully saturated rings. The van der Waals surface area contributed by atoms with Crippen molar-refractivity contribution >= 4 is 15.7 Å². The molecule has 1 aromatic carbocycles. The number of hydrogen-bond donors (Lipinski definition) is 2. The first-order valence-electron chi connectivity index (χ1n) is 7.02. The Bertz CT molecular complexity index is 556. The molecule has 1 rings (SSSR count). The summed E-state index contributed by atoms with van der Waals surface area (Å²) in [5.41, 5.74) is -0.498. The van der Waals surface area contributed by atoms with E-state index < -0.39 is 15.4 Å². The first-order valence-corrected chi connectivity index (χ1v) is 8.68. The lowest BCUT2D eigenvalue weighted by Crippen LogP contribution is -2.46. The molecule has 0 aliphatic carbocycles. The van der Waals surface area contributed by atoms with Crippen molar-refractivity contribution in [2.45, 2.75) is 43.5 Å². The van der Waals surface area contributed by atoms with E-state index in [1.165, 1.54) is 12.1 Å². The Hall–Kier alpha value is -1.40. The number of carbonyl (C=O) groups is 1. The largest absolute Gasteiger partial charge is 0.396 e. The molecule has 0 radical (unpaired) electrons. The van der Waals surface area contributed by atoms with Crippen LogP contribution in [0.1, 0.15) is 33.1 Å². The first kappa shape index (κ1) is 17.7. The van der Waals surface area contributed by atoms with Crippen LogP contribution in [0.25, 0.3) is 0 Å². The summed E-state index contributed by atoms with van der Waals surface area (Å²) in [4.78, 5) is 12.1. The van der Waals surface area contributed by atoms with Crippen LogP contribution in [-0.2, 0) is 14.6 Å². The number of carbonyl (C=O) groups excluding carboxylic acids is 1. The van der Waals surface area contributed by atoms with Gasteiger partial charge >= 0.3 is 0 Å². The van der Waals surface area contributed by atoms with E-state index in [9.17, 15) is 13.2 Å². The Kier molecular flexibility index (Phi) is 6.36. The van der Waals surface area contributed by atoms with Gasteiger partial charge in [-0.05, 0) is 31.9 Å². The van der Waals surface area contributed by atoms with E-state index in [1.807, 2.05) is 13.8 Å². The van der Waals surface area contributed by atoms with Crippen molar-refractivity contribution in [3.05, 3.63) is 30.3 Å². The molecule has 0 aromatic heterocycles. The van der Waals surface area contributed by atoms with Crippen LogP contribution >= 0.6 is 0 Å². The average Bonchev–Trinajstić information content (AvgIpc) is 2.46. The molecule has 21 heavy (non-hydrogen) atoms. The van der Waals surface area contributed by atoms with Gasteiger partial charge in [-0.15, -0.1) is 0 Å². The fourth-order valence-corrected chi connectivity index (χ4v) is 3.21. The van der Waals surface area contributed by atoms with Crippen LogP contribution in [0.5, 0.6) is 0 Å². The van der Waals surface area contributed by atoms with Crippen molar-refractivity contribution in [2.24, 2.45) is 0 Å². The zero-order valence-electron chi connectivity index (χ0n) is 12.5. The van der Waals surface area contributed by atoms with Crippen molar-refractivity contribution < 1.29 is 18.3 Å². The van der Waals surface area contributed by atoms with Gasteiger partial charge < -0.3 is 10.4 Å². The Balaban J connectivity index is 2.61. The van der Waals surface area contributed by atoms with E-state index in [4.69, 9.17) is 5.11 Å². The van der Waals surface area contributed by atoms with Crippen LogP contribution in [0.3, 0.4) is 0 Å². The third-order valence-electron chi connectivity index (χ3n) is 3.59. The molecule has 1 atom stereocenters. The summed E-state index contributed by atoms with van der Waals surface area (Å²) in [5, 5.41) is 11.8. The summed E-state index contributed by atoms with van der Waals surface area (Å²) >= 11 is 0. The molecule has 0 aliphatic heterocycles. The summed E-state index contributed by atoms with van der Waals surface area (Å²) in [6.07, 6.45) is 1.03. The van der Waals surface area contributed by atoms with Crippen molar-refractivity contribution in [1.82, 2.24) is 5.32 Å². The molecule has 1 amide bonds. The fourth-order valence-electron chi connectivity index (χ4n) is 1.95. The third kappa shape index (κ3) is 5.47. The van der Waals surface area contributed by atoms with Gasteiger partial charge in [0.25, 0.3) is 0 Å². The monoisotopic (exact) mass is 313 g/mol. The summed E-state index contributed by atoms with van der Waals surface area (Å²) in [5.74, 6) is -0.533. The van der Waals surface area contributed by atoms with E-state index in [0.717, 1.165) is 0 Å². The number of aliphatic hydroxyl groups excluding tert-OH is 1. The van der Waals surface area contributed by atoms with E-state index in [1.54, 1.807) is 18.2 Å². The van der Waals surface area contributed by atoms with Crippen LogP contribution < -0.4 is 5.32 Å². The van der Waals surface area contributed by atoms with Gasteiger partial charge in [0, 0.05) is 18.6 Å². The van der Waals surface area contributed by atoms with Crippen LogP contribution in [0.15, 0.2) is 35.2 Å². The van der Waals surface area contributed by atoms with Gasteiger partial charge in [-0.1, -0.05) is 25.1 Å².